The number of carboxylic acid groups (broad SMARTS) is 1. The third-order valence-electron chi connectivity index (χ3n) is 3.80. The number of carbonyl (C=O) groups is 2. The van der Waals surface area contributed by atoms with Crippen molar-refractivity contribution in [3.63, 3.8) is 0 Å². The van der Waals surface area contributed by atoms with Gasteiger partial charge in [-0.15, -0.1) is 0 Å². The summed E-state index contributed by atoms with van der Waals surface area (Å²) in [5.41, 5.74) is 0. The summed E-state index contributed by atoms with van der Waals surface area (Å²) < 4.78 is 0. The van der Waals surface area contributed by atoms with Gasteiger partial charge in [0.25, 0.3) is 0 Å². The summed E-state index contributed by atoms with van der Waals surface area (Å²) in [6.45, 7) is 5.61. The lowest BCUT2D eigenvalue weighted by atomic mass is 10.0. The maximum Gasteiger partial charge on any atom is 0.323 e. The van der Waals surface area contributed by atoms with E-state index in [9.17, 15) is 9.59 Å². The summed E-state index contributed by atoms with van der Waals surface area (Å²) in [6, 6.07) is 0.0657. The van der Waals surface area contributed by atoms with E-state index in [1.54, 1.807) is 4.90 Å². The maximum absolute atomic E-state index is 12.2. The van der Waals surface area contributed by atoms with Gasteiger partial charge in [0.05, 0.1) is 0 Å². The number of carbonyl (C=O) groups excluding carboxylic acids is 1. The van der Waals surface area contributed by atoms with Crippen molar-refractivity contribution >= 4 is 12.0 Å². The second kappa shape index (κ2) is 4.55. The molecule has 17 heavy (non-hydrogen) atoms. The first-order valence-corrected chi connectivity index (χ1v) is 6.26. The predicted octanol–water partition coefficient (Wildman–Crippen LogP) is 1.24. The first-order chi connectivity index (χ1) is 7.99. The molecule has 0 spiro atoms. The molecular weight excluding hydrogens is 220 g/mol. The van der Waals surface area contributed by atoms with Gasteiger partial charge in [-0.2, -0.15) is 0 Å². The first kappa shape index (κ1) is 12.2. The van der Waals surface area contributed by atoms with Gasteiger partial charge in [-0.1, -0.05) is 13.8 Å². The Hall–Kier alpha value is -1.26. The molecule has 2 amide bonds. The maximum atomic E-state index is 12.2. The Kier molecular flexibility index (Phi) is 3.26. The fourth-order valence-electron chi connectivity index (χ4n) is 2.35. The zero-order valence-corrected chi connectivity index (χ0v) is 10.4. The van der Waals surface area contributed by atoms with Crippen molar-refractivity contribution in [1.29, 1.82) is 0 Å². The highest BCUT2D eigenvalue weighted by Gasteiger charge is 2.39. The molecule has 2 aliphatic rings. The highest BCUT2D eigenvalue weighted by atomic mass is 16.4. The highest BCUT2D eigenvalue weighted by Crippen LogP contribution is 2.30. The van der Waals surface area contributed by atoms with E-state index in [0.717, 1.165) is 25.9 Å². The van der Waals surface area contributed by atoms with Gasteiger partial charge in [-0.3, -0.25) is 4.79 Å². The zero-order valence-electron chi connectivity index (χ0n) is 10.4. The van der Waals surface area contributed by atoms with E-state index in [4.69, 9.17) is 5.11 Å². The minimum atomic E-state index is -0.925. The van der Waals surface area contributed by atoms with Crippen LogP contribution >= 0.6 is 0 Å². The van der Waals surface area contributed by atoms with Crippen molar-refractivity contribution in [3.05, 3.63) is 0 Å². The van der Waals surface area contributed by atoms with Crippen LogP contribution in [0, 0.1) is 11.8 Å². The van der Waals surface area contributed by atoms with E-state index >= 15 is 0 Å². The number of amides is 2. The molecule has 0 bridgehead atoms. The van der Waals surface area contributed by atoms with Gasteiger partial charge < -0.3 is 14.9 Å². The standard InChI is InChI=1S/C12H20N2O3/c1-8-5-13(6-9(8)2)12(17)14(7-11(15)16)10-3-4-10/h8-10H,3-7H2,1-2H3,(H,15,16). The number of hydrogen-bond acceptors (Lipinski definition) is 2. The van der Waals surface area contributed by atoms with Crippen molar-refractivity contribution in [1.82, 2.24) is 9.80 Å². The molecule has 1 heterocycles. The molecule has 96 valence electrons. The minimum Gasteiger partial charge on any atom is -0.480 e. The van der Waals surface area contributed by atoms with Crippen LogP contribution in [0.2, 0.25) is 0 Å². The molecule has 1 saturated carbocycles. The van der Waals surface area contributed by atoms with Crippen molar-refractivity contribution < 1.29 is 14.7 Å². The topological polar surface area (TPSA) is 60.9 Å². The number of likely N-dealkylation sites (tertiary alicyclic amines) is 1. The largest absolute Gasteiger partial charge is 0.480 e. The van der Waals surface area contributed by atoms with Crippen LogP contribution < -0.4 is 0 Å². The molecule has 0 aromatic carbocycles. The van der Waals surface area contributed by atoms with Crippen LogP contribution in [0.4, 0.5) is 4.79 Å². The molecular formula is C12H20N2O3. The van der Waals surface area contributed by atoms with Crippen LogP contribution in [0.25, 0.3) is 0 Å². The lowest BCUT2D eigenvalue weighted by Crippen LogP contribution is -2.45. The van der Waals surface area contributed by atoms with Crippen molar-refractivity contribution in [2.24, 2.45) is 11.8 Å². The molecule has 1 N–H and O–H groups in total. The number of rotatable bonds is 3. The van der Waals surface area contributed by atoms with Gasteiger partial charge in [0.15, 0.2) is 0 Å². The lowest BCUT2D eigenvalue weighted by Gasteiger charge is -2.26. The molecule has 5 heteroatoms. The molecule has 2 atom stereocenters. The third kappa shape index (κ3) is 2.70. The molecule has 1 aliphatic carbocycles. The van der Waals surface area contributed by atoms with Crippen LogP contribution in [0.15, 0.2) is 0 Å². The van der Waals surface area contributed by atoms with E-state index in [1.165, 1.54) is 4.90 Å². The second-order valence-corrected chi connectivity index (χ2v) is 5.39. The second-order valence-electron chi connectivity index (χ2n) is 5.39. The number of nitrogens with zero attached hydrogens (tertiary/aromatic N) is 2. The molecule has 0 aromatic rings. The van der Waals surface area contributed by atoms with Crippen molar-refractivity contribution in [3.8, 4) is 0 Å². The smallest absolute Gasteiger partial charge is 0.323 e. The zero-order chi connectivity index (χ0) is 12.6. The normalized spacial score (nSPS) is 28.2. The summed E-state index contributed by atoms with van der Waals surface area (Å²) in [4.78, 5) is 26.3. The van der Waals surface area contributed by atoms with Crippen LogP contribution in [0.3, 0.4) is 0 Å². The average Bonchev–Trinajstić information content (AvgIpc) is 3.02. The van der Waals surface area contributed by atoms with Gasteiger partial charge in [-0.05, 0) is 24.7 Å². The van der Waals surface area contributed by atoms with Gasteiger partial charge in [0.2, 0.25) is 0 Å². The Balaban J connectivity index is 1.99. The molecule has 5 nitrogen and oxygen atoms in total. The highest BCUT2D eigenvalue weighted by molar-refractivity contribution is 5.81. The van der Waals surface area contributed by atoms with Crippen LogP contribution in [-0.2, 0) is 4.79 Å². The first-order valence-electron chi connectivity index (χ1n) is 6.26. The predicted molar refractivity (Wildman–Crippen MR) is 62.7 cm³/mol. The number of carboxylic acids is 1. The molecule has 0 radical (unpaired) electrons. The fourth-order valence-corrected chi connectivity index (χ4v) is 2.35. The molecule has 1 aliphatic heterocycles. The monoisotopic (exact) mass is 240 g/mol. The van der Waals surface area contributed by atoms with E-state index in [0.29, 0.717) is 11.8 Å². The average molecular weight is 240 g/mol. The van der Waals surface area contributed by atoms with E-state index < -0.39 is 5.97 Å². The number of aliphatic carboxylic acids is 1. The molecule has 2 fully saturated rings. The summed E-state index contributed by atoms with van der Waals surface area (Å²) in [6.07, 6.45) is 1.88. The number of hydrogen-bond donors (Lipinski definition) is 1. The van der Waals surface area contributed by atoms with Crippen molar-refractivity contribution in [2.45, 2.75) is 32.7 Å². The van der Waals surface area contributed by atoms with Gasteiger partial charge in [-0.25, -0.2) is 4.79 Å². The van der Waals surface area contributed by atoms with Crippen LogP contribution in [-0.4, -0.2) is 52.6 Å². The summed E-state index contributed by atoms with van der Waals surface area (Å²) in [5.74, 6) is 0.0835. The summed E-state index contributed by atoms with van der Waals surface area (Å²) in [5, 5.41) is 8.84. The Morgan fingerprint density at radius 2 is 1.76 bits per heavy atom. The van der Waals surface area contributed by atoms with Gasteiger partial charge in [0.1, 0.15) is 6.54 Å². The van der Waals surface area contributed by atoms with E-state index in [1.807, 2.05) is 0 Å². The quantitative estimate of drug-likeness (QED) is 0.807. The third-order valence-corrected chi connectivity index (χ3v) is 3.80. The minimum absolute atomic E-state index is 0.0916. The Labute approximate surface area is 101 Å². The van der Waals surface area contributed by atoms with Gasteiger partial charge in [0, 0.05) is 19.1 Å². The molecule has 2 rings (SSSR count). The SMILES string of the molecule is CC1CN(C(=O)N(CC(=O)O)C2CC2)CC1C. The van der Waals surface area contributed by atoms with Gasteiger partial charge >= 0.3 is 12.0 Å². The van der Waals surface area contributed by atoms with Crippen molar-refractivity contribution in [2.75, 3.05) is 19.6 Å². The van der Waals surface area contributed by atoms with Crippen LogP contribution in [0.5, 0.6) is 0 Å². The molecule has 1 saturated heterocycles. The van der Waals surface area contributed by atoms with E-state index in [-0.39, 0.29) is 18.6 Å². The summed E-state index contributed by atoms with van der Waals surface area (Å²) in [7, 11) is 0. The molecule has 2 unspecified atom stereocenters. The van der Waals surface area contributed by atoms with E-state index in [2.05, 4.69) is 13.8 Å². The fraction of sp³-hybridized carbons (Fsp3) is 0.833. The number of urea groups is 1. The molecule has 0 aromatic heterocycles. The lowest BCUT2D eigenvalue weighted by molar-refractivity contribution is -0.137. The Morgan fingerprint density at radius 3 is 2.18 bits per heavy atom. The summed E-state index contributed by atoms with van der Waals surface area (Å²) >= 11 is 0. The Bertz CT molecular complexity index is 318. The Morgan fingerprint density at radius 1 is 1.24 bits per heavy atom. The van der Waals surface area contributed by atoms with Crippen LogP contribution in [0.1, 0.15) is 26.7 Å².